The molecule has 8 heteroatoms. The van der Waals surface area contributed by atoms with Crippen LogP contribution in [0.5, 0.6) is 11.5 Å². The molecule has 7 nitrogen and oxygen atoms in total. The van der Waals surface area contributed by atoms with Crippen molar-refractivity contribution in [1.82, 2.24) is 14.9 Å². The summed E-state index contributed by atoms with van der Waals surface area (Å²) in [6, 6.07) is 4.65. The van der Waals surface area contributed by atoms with Crippen LogP contribution in [-0.2, 0) is 4.74 Å². The maximum atomic E-state index is 9.75. The van der Waals surface area contributed by atoms with Crippen LogP contribution in [0, 0.1) is 4.77 Å². The van der Waals surface area contributed by atoms with Crippen molar-refractivity contribution in [3.8, 4) is 11.5 Å². The number of nitrogens with one attached hydrogen (secondary N) is 1. The standard InChI is InChI=1S/C13H14N4O3S/c18-9-4-1-3-8(11(9)19)7-14-17-12(15-16-13(17)21)10-5-2-6-20-10/h1,3-4,7,10,18-19H,2,5-6H2,(H,16,21)/b14-7+/t10-/m0/s1. The number of phenolic OH excluding ortho intramolecular Hbond substituents is 2. The van der Waals surface area contributed by atoms with Crippen molar-refractivity contribution in [2.24, 2.45) is 5.10 Å². The molecule has 1 aliphatic rings. The second-order valence-corrected chi connectivity index (χ2v) is 5.05. The van der Waals surface area contributed by atoms with E-state index in [4.69, 9.17) is 17.0 Å². The molecule has 1 atom stereocenters. The molecule has 0 spiro atoms. The smallest absolute Gasteiger partial charge is 0.216 e. The fourth-order valence-electron chi connectivity index (χ4n) is 2.18. The van der Waals surface area contributed by atoms with Crippen LogP contribution >= 0.6 is 12.2 Å². The number of aromatic nitrogens is 3. The molecule has 1 aromatic heterocycles. The van der Waals surface area contributed by atoms with Gasteiger partial charge in [0, 0.05) is 12.2 Å². The summed E-state index contributed by atoms with van der Waals surface area (Å²) in [6.45, 7) is 0.696. The lowest BCUT2D eigenvalue weighted by Crippen LogP contribution is -2.05. The summed E-state index contributed by atoms with van der Waals surface area (Å²) in [4.78, 5) is 0. The zero-order chi connectivity index (χ0) is 14.8. The Bertz CT molecular complexity index is 731. The molecule has 1 saturated heterocycles. The summed E-state index contributed by atoms with van der Waals surface area (Å²) < 4.78 is 7.39. The van der Waals surface area contributed by atoms with Gasteiger partial charge >= 0.3 is 0 Å². The Morgan fingerprint density at radius 2 is 2.33 bits per heavy atom. The van der Waals surface area contributed by atoms with Gasteiger partial charge in [-0.2, -0.15) is 14.9 Å². The van der Waals surface area contributed by atoms with E-state index >= 15 is 0 Å². The second-order valence-electron chi connectivity index (χ2n) is 4.66. The Morgan fingerprint density at radius 1 is 1.48 bits per heavy atom. The molecule has 0 bridgehead atoms. The SMILES string of the molecule is Oc1cccc(/C=N/n2c([C@@H]3CCCO3)n[nH]c2=S)c1O. The Balaban J connectivity index is 1.94. The number of rotatable bonds is 3. The molecule has 0 unspecified atom stereocenters. The van der Waals surface area contributed by atoms with Crippen molar-refractivity contribution in [3.63, 3.8) is 0 Å². The zero-order valence-electron chi connectivity index (χ0n) is 11.1. The minimum Gasteiger partial charge on any atom is -0.504 e. The van der Waals surface area contributed by atoms with Gasteiger partial charge in [-0.15, -0.1) is 0 Å². The maximum absolute atomic E-state index is 9.75. The minimum atomic E-state index is -0.227. The summed E-state index contributed by atoms with van der Waals surface area (Å²) in [7, 11) is 0. The van der Waals surface area contributed by atoms with Crippen molar-refractivity contribution < 1.29 is 14.9 Å². The second kappa shape index (κ2) is 5.66. The summed E-state index contributed by atoms with van der Waals surface area (Å²) in [5, 5.41) is 30.3. The van der Waals surface area contributed by atoms with Gasteiger partial charge < -0.3 is 14.9 Å². The molecule has 3 N–H and O–H groups in total. The lowest BCUT2D eigenvalue weighted by atomic mass is 10.2. The number of ether oxygens (including phenoxy) is 1. The minimum absolute atomic E-state index is 0.132. The first-order valence-corrected chi connectivity index (χ1v) is 6.92. The average Bonchev–Trinajstić information content (AvgIpc) is 3.10. The number of aromatic amines is 1. The third-order valence-electron chi connectivity index (χ3n) is 3.25. The van der Waals surface area contributed by atoms with Gasteiger partial charge in [0.1, 0.15) is 6.10 Å². The van der Waals surface area contributed by atoms with Crippen LogP contribution in [0.15, 0.2) is 23.3 Å². The normalized spacial score (nSPS) is 18.6. The molecule has 1 aromatic carbocycles. The third kappa shape index (κ3) is 2.67. The summed E-state index contributed by atoms with van der Waals surface area (Å²) >= 11 is 5.15. The van der Waals surface area contributed by atoms with Gasteiger partial charge in [0.15, 0.2) is 17.3 Å². The van der Waals surface area contributed by atoms with E-state index in [0.29, 0.717) is 22.8 Å². The Labute approximate surface area is 125 Å². The molecule has 0 saturated carbocycles. The first-order chi connectivity index (χ1) is 10.2. The van der Waals surface area contributed by atoms with Crippen LogP contribution in [0.2, 0.25) is 0 Å². The van der Waals surface area contributed by atoms with Gasteiger partial charge in [0.2, 0.25) is 4.77 Å². The number of hydrogen-bond donors (Lipinski definition) is 3. The van der Waals surface area contributed by atoms with Gasteiger partial charge in [0.25, 0.3) is 0 Å². The highest BCUT2D eigenvalue weighted by molar-refractivity contribution is 7.71. The van der Waals surface area contributed by atoms with E-state index < -0.39 is 0 Å². The van der Waals surface area contributed by atoms with Crippen LogP contribution < -0.4 is 0 Å². The van der Waals surface area contributed by atoms with E-state index in [0.717, 1.165) is 12.8 Å². The monoisotopic (exact) mass is 306 g/mol. The molecular weight excluding hydrogens is 292 g/mol. The number of phenols is 2. The maximum Gasteiger partial charge on any atom is 0.216 e. The van der Waals surface area contributed by atoms with Crippen LogP contribution in [0.4, 0.5) is 0 Å². The van der Waals surface area contributed by atoms with Crippen molar-refractivity contribution in [2.45, 2.75) is 18.9 Å². The summed E-state index contributed by atoms with van der Waals surface area (Å²) in [6.07, 6.45) is 3.13. The number of benzene rings is 1. The predicted molar refractivity (Wildman–Crippen MR) is 78.1 cm³/mol. The van der Waals surface area contributed by atoms with Crippen LogP contribution in [0.25, 0.3) is 0 Å². The van der Waals surface area contributed by atoms with Gasteiger partial charge in [-0.1, -0.05) is 6.07 Å². The number of aromatic hydroxyl groups is 2. The molecule has 1 aliphatic heterocycles. The van der Waals surface area contributed by atoms with Gasteiger partial charge in [0.05, 0.1) is 6.21 Å². The van der Waals surface area contributed by atoms with Crippen LogP contribution in [-0.4, -0.2) is 37.9 Å². The van der Waals surface area contributed by atoms with Crippen molar-refractivity contribution >= 4 is 18.4 Å². The van der Waals surface area contributed by atoms with Crippen molar-refractivity contribution in [1.29, 1.82) is 0 Å². The molecule has 0 radical (unpaired) electrons. The van der Waals surface area contributed by atoms with E-state index in [1.54, 1.807) is 12.1 Å². The fourth-order valence-corrected chi connectivity index (χ4v) is 2.36. The molecule has 0 aliphatic carbocycles. The quantitative estimate of drug-likeness (QED) is 0.458. The van der Waals surface area contributed by atoms with E-state index in [2.05, 4.69) is 15.3 Å². The number of para-hydroxylation sites is 1. The van der Waals surface area contributed by atoms with E-state index in [1.807, 2.05) is 0 Å². The fraction of sp³-hybridized carbons (Fsp3) is 0.308. The average molecular weight is 306 g/mol. The van der Waals surface area contributed by atoms with E-state index in [-0.39, 0.29) is 17.6 Å². The first kappa shape index (κ1) is 13.8. The molecule has 0 amide bonds. The van der Waals surface area contributed by atoms with Crippen LogP contribution in [0.1, 0.15) is 30.3 Å². The Morgan fingerprint density at radius 3 is 3.10 bits per heavy atom. The van der Waals surface area contributed by atoms with Gasteiger partial charge in [-0.3, -0.25) is 5.10 Å². The predicted octanol–water partition coefficient (Wildman–Crippen LogP) is 2.09. The molecule has 110 valence electrons. The summed E-state index contributed by atoms with van der Waals surface area (Å²) in [5.74, 6) is 0.178. The molecule has 3 rings (SSSR count). The highest BCUT2D eigenvalue weighted by Gasteiger charge is 2.23. The zero-order valence-corrected chi connectivity index (χ0v) is 11.9. The summed E-state index contributed by atoms with van der Waals surface area (Å²) in [5.41, 5.74) is 0.386. The lowest BCUT2D eigenvalue weighted by Gasteiger charge is -2.07. The van der Waals surface area contributed by atoms with Gasteiger partial charge in [-0.05, 0) is 37.2 Å². The number of nitrogens with zero attached hydrogens (tertiary/aromatic N) is 3. The highest BCUT2D eigenvalue weighted by atomic mass is 32.1. The lowest BCUT2D eigenvalue weighted by molar-refractivity contribution is 0.102. The molecule has 2 aromatic rings. The number of hydrogen-bond acceptors (Lipinski definition) is 6. The first-order valence-electron chi connectivity index (χ1n) is 6.51. The largest absolute Gasteiger partial charge is 0.504 e. The van der Waals surface area contributed by atoms with E-state index in [1.165, 1.54) is 17.0 Å². The molecule has 21 heavy (non-hydrogen) atoms. The third-order valence-corrected chi connectivity index (χ3v) is 3.52. The van der Waals surface area contributed by atoms with Crippen LogP contribution in [0.3, 0.4) is 0 Å². The molecular formula is C13H14N4O3S. The Kier molecular flexibility index (Phi) is 3.72. The highest BCUT2D eigenvalue weighted by Crippen LogP contribution is 2.28. The van der Waals surface area contributed by atoms with Crippen molar-refractivity contribution in [2.75, 3.05) is 6.61 Å². The molecule has 2 heterocycles. The van der Waals surface area contributed by atoms with Gasteiger partial charge in [-0.25, -0.2) is 0 Å². The number of H-pyrrole nitrogens is 1. The molecule has 1 fully saturated rings. The van der Waals surface area contributed by atoms with E-state index in [9.17, 15) is 10.2 Å². The topological polar surface area (TPSA) is 95.7 Å². The van der Waals surface area contributed by atoms with Crippen molar-refractivity contribution in [3.05, 3.63) is 34.4 Å². The Hall–Kier alpha value is -2.19.